The molecule has 2 amide bonds. The molecule has 37 heavy (non-hydrogen) atoms. The van der Waals surface area contributed by atoms with Gasteiger partial charge in [0, 0.05) is 38.3 Å². The van der Waals surface area contributed by atoms with Gasteiger partial charge in [0.2, 0.25) is 21.8 Å². The van der Waals surface area contributed by atoms with Gasteiger partial charge in [-0.2, -0.15) is 4.31 Å². The quantitative estimate of drug-likeness (QED) is 0.466. The Morgan fingerprint density at radius 3 is 2.35 bits per heavy atom. The fourth-order valence-electron chi connectivity index (χ4n) is 4.73. The fraction of sp³-hybridized carbons (Fsp3) is 0.462. The molecule has 2 heterocycles. The molecular formula is C26H33N3O7S. The molecule has 1 unspecified atom stereocenters. The van der Waals surface area contributed by atoms with Crippen LogP contribution in [-0.4, -0.2) is 71.3 Å². The molecule has 2 aliphatic heterocycles. The zero-order chi connectivity index (χ0) is 26.6. The zero-order valence-electron chi connectivity index (χ0n) is 21.4. The minimum atomic E-state index is -3.50. The van der Waals surface area contributed by atoms with Crippen molar-refractivity contribution in [1.82, 2.24) is 9.62 Å². The van der Waals surface area contributed by atoms with Crippen LogP contribution in [0.15, 0.2) is 36.4 Å². The van der Waals surface area contributed by atoms with E-state index in [2.05, 4.69) is 5.32 Å². The van der Waals surface area contributed by atoms with Crippen LogP contribution in [0.3, 0.4) is 0 Å². The van der Waals surface area contributed by atoms with Crippen LogP contribution in [0.4, 0.5) is 5.69 Å². The summed E-state index contributed by atoms with van der Waals surface area (Å²) in [5, 5.41) is 2.80. The first kappa shape index (κ1) is 26.7. The van der Waals surface area contributed by atoms with Crippen LogP contribution in [0.5, 0.6) is 17.2 Å². The van der Waals surface area contributed by atoms with Crippen LogP contribution in [0.25, 0.3) is 0 Å². The highest BCUT2D eigenvalue weighted by molar-refractivity contribution is 7.89. The van der Waals surface area contributed by atoms with E-state index in [1.54, 1.807) is 50.5 Å². The van der Waals surface area contributed by atoms with Crippen LogP contribution in [0, 0.1) is 5.92 Å². The normalized spacial score (nSPS) is 17.9. The Morgan fingerprint density at radius 1 is 1.03 bits per heavy atom. The SMILES string of the molecule is COc1ccc(N2CC(C(=O)NCCCS(=O)(=O)N3CCc4cc(OC)c(OC)cc4C3)CC2=O)cc1. The summed E-state index contributed by atoms with van der Waals surface area (Å²) >= 11 is 0. The standard InChI is InChI=1S/C26H33N3O7S/c1-34-22-7-5-21(6-8-22)29-17-20(15-25(29)30)26(31)27-10-4-12-37(32,33)28-11-9-18-13-23(35-2)24(36-3)14-19(18)16-28/h5-8,13-14,20H,4,9-12,15-17H2,1-3H3,(H,27,31). The van der Waals surface area contributed by atoms with Crippen molar-refractivity contribution >= 4 is 27.5 Å². The number of hydrogen-bond donors (Lipinski definition) is 1. The largest absolute Gasteiger partial charge is 0.497 e. The second-order valence-corrected chi connectivity index (χ2v) is 11.2. The average Bonchev–Trinajstić information content (AvgIpc) is 3.31. The Balaban J connectivity index is 1.26. The van der Waals surface area contributed by atoms with Gasteiger partial charge >= 0.3 is 0 Å². The van der Waals surface area contributed by atoms with Crippen LogP contribution in [0.2, 0.25) is 0 Å². The van der Waals surface area contributed by atoms with E-state index in [1.807, 2.05) is 12.1 Å². The lowest BCUT2D eigenvalue weighted by molar-refractivity contribution is -0.126. The number of ether oxygens (including phenoxy) is 3. The molecule has 0 spiro atoms. The maximum Gasteiger partial charge on any atom is 0.227 e. The van der Waals surface area contributed by atoms with E-state index < -0.39 is 15.9 Å². The number of nitrogens with zero attached hydrogens (tertiary/aromatic N) is 2. The van der Waals surface area contributed by atoms with E-state index in [0.29, 0.717) is 35.9 Å². The number of rotatable bonds is 10. The first-order chi connectivity index (χ1) is 17.7. The molecule has 0 aromatic heterocycles. The van der Waals surface area contributed by atoms with Gasteiger partial charge in [-0.3, -0.25) is 9.59 Å². The summed E-state index contributed by atoms with van der Waals surface area (Å²) in [6.45, 7) is 1.18. The molecule has 0 bridgehead atoms. The van der Waals surface area contributed by atoms with E-state index in [4.69, 9.17) is 14.2 Å². The van der Waals surface area contributed by atoms with Crippen LogP contribution in [0.1, 0.15) is 24.0 Å². The molecule has 200 valence electrons. The Morgan fingerprint density at radius 2 is 1.70 bits per heavy atom. The molecule has 0 radical (unpaired) electrons. The molecule has 2 aromatic carbocycles. The number of amides is 2. The summed E-state index contributed by atoms with van der Waals surface area (Å²) in [6.07, 6.45) is 0.996. The number of hydrogen-bond acceptors (Lipinski definition) is 7. The van der Waals surface area contributed by atoms with Crippen molar-refractivity contribution in [2.24, 2.45) is 5.92 Å². The van der Waals surface area contributed by atoms with Crippen LogP contribution < -0.4 is 24.4 Å². The monoisotopic (exact) mass is 531 g/mol. The number of carbonyl (C=O) groups excluding carboxylic acids is 2. The lowest BCUT2D eigenvalue weighted by Gasteiger charge is -2.29. The summed E-state index contributed by atoms with van der Waals surface area (Å²) in [4.78, 5) is 26.7. The summed E-state index contributed by atoms with van der Waals surface area (Å²) in [5.41, 5.74) is 2.66. The fourth-order valence-corrected chi connectivity index (χ4v) is 6.20. The van der Waals surface area contributed by atoms with Crippen molar-refractivity contribution in [3.05, 3.63) is 47.5 Å². The summed E-state index contributed by atoms with van der Waals surface area (Å²) in [6, 6.07) is 10.8. The third kappa shape index (κ3) is 5.99. The number of nitrogens with one attached hydrogen (secondary N) is 1. The lowest BCUT2D eigenvalue weighted by Crippen LogP contribution is -2.39. The van der Waals surface area contributed by atoms with Crippen LogP contribution in [-0.2, 0) is 32.6 Å². The van der Waals surface area contributed by atoms with Crippen molar-refractivity contribution < 1.29 is 32.2 Å². The van der Waals surface area contributed by atoms with Crippen molar-refractivity contribution in [2.45, 2.75) is 25.8 Å². The second kappa shape index (κ2) is 11.4. The molecule has 1 fully saturated rings. The highest BCUT2D eigenvalue weighted by atomic mass is 32.2. The van der Waals surface area contributed by atoms with Crippen molar-refractivity contribution in [1.29, 1.82) is 0 Å². The highest BCUT2D eigenvalue weighted by Crippen LogP contribution is 2.34. The topological polar surface area (TPSA) is 114 Å². The smallest absolute Gasteiger partial charge is 0.227 e. The Bertz CT molecular complexity index is 1250. The minimum Gasteiger partial charge on any atom is -0.497 e. The van der Waals surface area contributed by atoms with Crippen LogP contribution >= 0.6 is 0 Å². The van der Waals surface area contributed by atoms with E-state index >= 15 is 0 Å². The lowest BCUT2D eigenvalue weighted by atomic mass is 10.0. The molecular weight excluding hydrogens is 498 g/mol. The Kier molecular flexibility index (Phi) is 8.23. The van der Waals surface area contributed by atoms with Gasteiger partial charge in [-0.15, -0.1) is 0 Å². The molecule has 11 heteroatoms. The molecule has 1 atom stereocenters. The molecule has 0 aliphatic carbocycles. The average molecular weight is 532 g/mol. The number of carbonyl (C=O) groups is 2. The number of fused-ring (bicyclic) bond motifs is 1. The van der Waals surface area contributed by atoms with Gasteiger partial charge in [-0.1, -0.05) is 0 Å². The summed E-state index contributed by atoms with van der Waals surface area (Å²) in [7, 11) is 1.19. The molecule has 2 aliphatic rings. The van der Waals surface area contributed by atoms with Gasteiger partial charge in [0.1, 0.15) is 5.75 Å². The molecule has 4 rings (SSSR count). The predicted molar refractivity (Wildman–Crippen MR) is 139 cm³/mol. The maximum atomic E-state index is 13.0. The van der Waals surface area contributed by atoms with Gasteiger partial charge in [-0.25, -0.2) is 8.42 Å². The Labute approximate surface area is 217 Å². The first-order valence-electron chi connectivity index (χ1n) is 12.2. The van der Waals surface area contributed by atoms with E-state index in [9.17, 15) is 18.0 Å². The molecule has 10 nitrogen and oxygen atoms in total. The first-order valence-corrected chi connectivity index (χ1v) is 13.8. The number of anilines is 1. The molecule has 1 N–H and O–H groups in total. The summed E-state index contributed by atoms with van der Waals surface area (Å²) < 4.78 is 43.2. The number of sulfonamides is 1. The number of benzene rings is 2. The van der Waals surface area contributed by atoms with E-state index in [1.165, 1.54) is 4.31 Å². The van der Waals surface area contributed by atoms with Gasteiger partial charge < -0.3 is 24.4 Å². The summed E-state index contributed by atoms with van der Waals surface area (Å²) in [5.74, 6) is 0.980. The van der Waals surface area contributed by atoms with Gasteiger partial charge in [0.15, 0.2) is 11.5 Å². The predicted octanol–water partition coefficient (Wildman–Crippen LogP) is 1.96. The maximum absolute atomic E-state index is 13.0. The van der Waals surface area contributed by atoms with E-state index in [-0.39, 0.29) is 50.0 Å². The van der Waals surface area contributed by atoms with Crippen molar-refractivity contribution in [3.8, 4) is 17.2 Å². The van der Waals surface area contributed by atoms with E-state index in [0.717, 1.165) is 11.1 Å². The molecule has 1 saturated heterocycles. The zero-order valence-corrected chi connectivity index (χ0v) is 22.2. The van der Waals surface area contributed by atoms with Crippen molar-refractivity contribution in [3.63, 3.8) is 0 Å². The third-order valence-electron chi connectivity index (χ3n) is 6.83. The molecule has 0 saturated carbocycles. The third-order valence-corrected chi connectivity index (χ3v) is 8.74. The Hall–Kier alpha value is -3.31. The number of methoxy groups -OCH3 is 3. The van der Waals surface area contributed by atoms with Gasteiger partial charge in [0.05, 0.1) is 33.0 Å². The van der Waals surface area contributed by atoms with Gasteiger partial charge in [0.25, 0.3) is 0 Å². The second-order valence-electron chi connectivity index (χ2n) is 9.12. The van der Waals surface area contributed by atoms with Gasteiger partial charge in [-0.05, 0) is 60.4 Å². The van der Waals surface area contributed by atoms with Crippen molar-refractivity contribution in [2.75, 3.05) is 51.6 Å². The minimum absolute atomic E-state index is 0.0720. The molecule has 2 aromatic rings. The highest BCUT2D eigenvalue weighted by Gasteiger charge is 2.35.